The number of hydrogen-bond donors (Lipinski definition) is 0. The highest BCUT2D eigenvalue weighted by Crippen LogP contribution is 2.16. The second kappa shape index (κ2) is 6.43. The van der Waals surface area contributed by atoms with Crippen LogP contribution in [-0.2, 0) is 4.79 Å². The van der Waals surface area contributed by atoms with Crippen LogP contribution in [0.2, 0.25) is 0 Å². The predicted molar refractivity (Wildman–Crippen MR) is 80.1 cm³/mol. The largest absolute Gasteiger partial charge is 0.471 e. The maximum atomic E-state index is 12.1. The number of carbonyl (C=O) groups excluding carboxylic acids is 1. The molecule has 1 amide bonds. The number of carbonyl (C=O) groups is 1. The average Bonchev–Trinajstić information content (AvgIpc) is 3.19. The minimum absolute atomic E-state index is 0.0435. The minimum Gasteiger partial charge on any atom is -0.471 e. The molecule has 0 unspecified atom stereocenters. The first kappa shape index (κ1) is 14.3. The number of hydrogen-bond acceptors (Lipinski definition) is 5. The summed E-state index contributed by atoms with van der Waals surface area (Å²) in [5.74, 6) is 1.11. The van der Waals surface area contributed by atoms with Gasteiger partial charge in [-0.05, 0) is 31.2 Å². The lowest BCUT2D eigenvalue weighted by Gasteiger charge is -2.15. The van der Waals surface area contributed by atoms with Gasteiger partial charge in [-0.25, -0.2) is 0 Å². The van der Waals surface area contributed by atoms with E-state index < -0.39 is 0 Å². The molecule has 0 aliphatic carbocycles. The fourth-order valence-electron chi connectivity index (χ4n) is 2.29. The molecule has 6 nitrogen and oxygen atoms in total. The molecule has 3 rings (SSSR count). The second-order valence-corrected chi connectivity index (χ2v) is 5.17. The summed E-state index contributed by atoms with van der Waals surface area (Å²) in [5, 5.41) is 7.94. The van der Waals surface area contributed by atoms with Gasteiger partial charge in [-0.15, -0.1) is 5.10 Å². The monoisotopic (exact) mass is 299 g/mol. The molecule has 1 aliphatic rings. The zero-order valence-corrected chi connectivity index (χ0v) is 12.3. The summed E-state index contributed by atoms with van der Waals surface area (Å²) in [4.78, 5) is 13.9. The van der Waals surface area contributed by atoms with Gasteiger partial charge in [0.1, 0.15) is 11.9 Å². The lowest BCUT2D eigenvalue weighted by atomic mass is 10.3. The van der Waals surface area contributed by atoms with E-state index >= 15 is 0 Å². The van der Waals surface area contributed by atoms with E-state index in [0.717, 1.165) is 12.1 Å². The van der Waals surface area contributed by atoms with Gasteiger partial charge in [0.05, 0.1) is 18.5 Å². The smallest absolute Gasteiger partial charge is 0.246 e. The first-order valence-electron chi connectivity index (χ1n) is 7.18. The third kappa shape index (κ3) is 3.52. The third-order valence-corrected chi connectivity index (χ3v) is 3.45. The number of aromatic nitrogens is 2. The first-order valence-corrected chi connectivity index (χ1v) is 7.18. The summed E-state index contributed by atoms with van der Waals surface area (Å²) in [6.45, 7) is 3.10. The molecule has 1 fully saturated rings. The number of rotatable bonds is 4. The van der Waals surface area contributed by atoms with Gasteiger partial charge in [0.15, 0.2) is 0 Å². The molecular weight excluding hydrogens is 282 g/mol. The molecule has 22 heavy (non-hydrogen) atoms. The van der Waals surface area contributed by atoms with Gasteiger partial charge in [-0.2, -0.15) is 5.10 Å². The first-order chi connectivity index (χ1) is 10.7. The van der Waals surface area contributed by atoms with E-state index in [2.05, 4.69) is 10.2 Å². The van der Waals surface area contributed by atoms with Crippen molar-refractivity contribution in [3.8, 4) is 5.88 Å². The highest BCUT2D eigenvalue weighted by Gasteiger charge is 2.26. The van der Waals surface area contributed by atoms with Gasteiger partial charge < -0.3 is 14.1 Å². The van der Waals surface area contributed by atoms with E-state index in [4.69, 9.17) is 9.15 Å². The van der Waals surface area contributed by atoms with E-state index in [-0.39, 0.29) is 12.0 Å². The number of ether oxygens (including phenoxy) is 1. The Labute approximate surface area is 128 Å². The summed E-state index contributed by atoms with van der Waals surface area (Å²) < 4.78 is 10.9. The summed E-state index contributed by atoms with van der Waals surface area (Å²) in [7, 11) is 0. The van der Waals surface area contributed by atoms with Crippen LogP contribution in [0.3, 0.4) is 0 Å². The second-order valence-electron chi connectivity index (χ2n) is 5.17. The quantitative estimate of drug-likeness (QED) is 0.808. The Morgan fingerprint density at radius 2 is 2.32 bits per heavy atom. The normalized spacial score (nSPS) is 18.0. The van der Waals surface area contributed by atoms with Crippen molar-refractivity contribution >= 4 is 12.0 Å². The zero-order valence-electron chi connectivity index (χ0n) is 12.3. The molecule has 1 atom stereocenters. The maximum Gasteiger partial charge on any atom is 0.246 e. The molecule has 2 aromatic rings. The van der Waals surface area contributed by atoms with Crippen molar-refractivity contribution in [3.05, 3.63) is 48.1 Å². The van der Waals surface area contributed by atoms with E-state index in [1.54, 1.807) is 35.4 Å². The molecule has 1 aliphatic heterocycles. The van der Waals surface area contributed by atoms with Crippen LogP contribution in [0, 0.1) is 6.92 Å². The van der Waals surface area contributed by atoms with Crippen molar-refractivity contribution in [1.82, 2.24) is 15.1 Å². The molecule has 0 bridgehead atoms. The molecule has 0 saturated carbocycles. The van der Waals surface area contributed by atoms with Crippen molar-refractivity contribution in [2.45, 2.75) is 19.4 Å². The minimum atomic E-state index is -0.0440. The average molecular weight is 299 g/mol. The standard InChI is InChI=1S/C16H17N3O3/c1-12-4-6-15(18-17-12)22-14-8-9-19(11-14)16(20)7-5-13-3-2-10-21-13/h2-7,10,14H,8-9,11H2,1H3/b7-5+/t14-/m1/s1. The van der Waals surface area contributed by atoms with Crippen molar-refractivity contribution in [3.63, 3.8) is 0 Å². The topological polar surface area (TPSA) is 68.5 Å². The van der Waals surface area contributed by atoms with Gasteiger partial charge in [0, 0.05) is 25.1 Å². The number of likely N-dealkylation sites (tertiary alicyclic amines) is 1. The van der Waals surface area contributed by atoms with Crippen LogP contribution in [-0.4, -0.2) is 40.2 Å². The predicted octanol–water partition coefficient (Wildman–Crippen LogP) is 2.07. The Hall–Kier alpha value is -2.63. The Morgan fingerprint density at radius 3 is 3.05 bits per heavy atom. The van der Waals surface area contributed by atoms with Crippen molar-refractivity contribution in [2.24, 2.45) is 0 Å². The molecule has 0 radical (unpaired) electrons. The molecule has 0 spiro atoms. The van der Waals surface area contributed by atoms with Gasteiger partial charge in [-0.3, -0.25) is 4.79 Å². The van der Waals surface area contributed by atoms with Crippen LogP contribution in [0.15, 0.2) is 41.0 Å². The maximum absolute atomic E-state index is 12.1. The summed E-state index contributed by atoms with van der Waals surface area (Å²) in [6.07, 6.45) is 5.51. The van der Waals surface area contributed by atoms with Crippen LogP contribution in [0.1, 0.15) is 17.9 Å². The van der Waals surface area contributed by atoms with Crippen molar-refractivity contribution in [1.29, 1.82) is 0 Å². The number of aryl methyl sites for hydroxylation is 1. The van der Waals surface area contributed by atoms with Gasteiger partial charge in [0.25, 0.3) is 0 Å². The van der Waals surface area contributed by atoms with E-state index in [9.17, 15) is 4.79 Å². The van der Waals surface area contributed by atoms with Crippen LogP contribution in [0.25, 0.3) is 6.08 Å². The molecule has 3 heterocycles. The van der Waals surface area contributed by atoms with Gasteiger partial charge in [-0.1, -0.05) is 0 Å². The van der Waals surface area contributed by atoms with E-state index in [0.29, 0.717) is 24.7 Å². The Kier molecular flexibility index (Phi) is 4.18. The molecule has 2 aromatic heterocycles. The molecule has 1 saturated heterocycles. The summed E-state index contributed by atoms with van der Waals surface area (Å²) in [5.41, 5.74) is 0.846. The number of furan rings is 1. The van der Waals surface area contributed by atoms with Crippen LogP contribution in [0.4, 0.5) is 0 Å². The Balaban J connectivity index is 1.53. The van der Waals surface area contributed by atoms with Gasteiger partial charge in [0.2, 0.25) is 11.8 Å². The van der Waals surface area contributed by atoms with Crippen LogP contribution in [0.5, 0.6) is 5.88 Å². The molecule has 0 aromatic carbocycles. The number of amides is 1. The molecule has 0 N–H and O–H groups in total. The fourth-order valence-corrected chi connectivity index (χ4v) is 2.29. The van der Waals surface area contributed by atoms with Gasteiger partial charge >= 0.3 is 0 Å². The van der Waals surface area contributed by atoms with Crippen molar-refractivity contribution < 1.29 is 13.9 Å². The lowest BCUT2D eigenvalue weighted by molar-refractivity contribution is -0.125. The van der Waals surface area contributed by atoms with E-state index in [1.165, 1.54) is 6.08 Å². The summed E-state index contributed by atoms with van der Waals surface area (Å²) in [6, 6.07) is 7.23. The van der Waals surface area contributed by atoms with Crippen LogP contribution < -0.4 is 4.74 Å². The number of nitrogens with zero attached hydrogens (tertiary/aromatic N) is 3. The van der Waals surface area contributed by atoms with E-state index in [1.807, 2.05) is 13.0 Å². The lowest BCUT2D eigenvalue weighted by Crippen LogP contribution is -2.29. The highest BCUT2D eigenvalue weighted by atomic mass is 16.5. The third-order valence-electron chi connectivity index (χ3n) is 3.45. The molecule has 6 heteroatoms. The summed E-state index contributed by atoms with van der Waals surface area (Å²) >= 11 is 0. The molecular formula is C16H17N3O3. The van der Waals surface area contributed by atoms with Crippen LogP contribution >= 0.6 is 0 Å². The SMILES string of the molecule is Cc1ccc(O[C@@H]2CCN(C(=O)/C=C/c3ccco3)C2)nn1. The Morgan fingerprint density at radius 1 is 1.41 bits per heavy atom. The van der Waals surface area contributed by atoms with Crippen molar-refractivity contribution in [2.75, 3.05) is 13.1 Å². The highest BCUT2D eigenvalue weighted by molar-refractivity contribution is 5.91. The fraction of sp³-hybridized carbons (Fsp3) is 0.312. The Bertz CT molecular complexity index is 650. The molecule has 114 valence electrons. The zero-order chi connectivity index (χ0) is 15.4.